The number of rotatable bonds is 7. The van der Waals surface area contributed by atoms with Crippen molar-refractivity contribution in [1.82, 2.24) is 0 Å². The number of nitrogens with zero attached hydrogens (tertiary/aromatic N) is 1. The Hall–Kier alpha value is -6.96. The van der Waals surface area contributed by atoms with Crippen molar-refractivity contribution in [3.05, 3.63) is 217 Å². The minimum Gasteiger partial charge on any atom is -0.333 e. The highest BCUT2D eigenvalue weighted by atomic mass is 15.2. The van der Waals surface area contributed by atoms with Crippen molar-refractivity contribution < 1.29 is 0 Å². The zero-order valence-electron chi connectivity index (χ0n) is 31.3. The van der Waals surface area contributed by atoms with E-state index in [1.165, 1.54) is 82.2 Å². The van der Waals surface area contributed by atoms with Gasteiger partial charge in [-0.25, -0.2) is 0 Å². The maximum atomic E-state index is 4.15. The van der Waals surface area contributed by atoms with Gasteiger partial charge in [0.05, 0.1) is 11.7 Å². The lowest BCUT2D eigenvalue weighted by molar-refractivity contribution is 0.788. The van der Waals surface area contributed by atoms with Gasteiger partial charge >= 0.3 is 0 Å². The fraction of sp³-hybridized carbons (Fsp3) is 0.0545. The van der Waals surface area contributed by atoms with E-state index < -0.39 is 0 Å². The third-order valence-electron chi connectivity index (χ3n) is 11.7. The lowest BCUT2D eigenvalue weighted by atomic mass is 9.88. The molecule has 0 radical (unpaired) electrons. The van der Waals surface area contributed by atoms with Crippen LogP contribution in [0.3, 0.4) is 0 Å². The van der Waals surface area contributed by atoms with Crippen LogP contribution in [-0.2, 0) is 6.42 Å². The maximum Gasteiger partial charge on any atom is 0.0572 e. The van der Waals surface area contributed by atoms with Crippen LogP contribution in [0.4, 0.5) is 11.4 Å². The molecule has 0 saturated heterocycles. The van der Waals surface area contributed by atoms with E-state index in [9.17, 15) is 0 Å². The third kappa shape index (κ3) is 5.63. The van der Waals surface area contributed by atoms with E-state index in [4.69, 9.17) is 0 Å². The molecule has 0 fully saturated rings. The summed E-state index contributed by atoms with van der Waals surface area (Å²) in [5.41, 5.74) is 12.2. The number of allylic oxidation sites excluding steroid dienone is 5. The predicted molar refractivity (Wildman–Crippen MR) is 245 cm³/mol. The quantitative estimate of drug-likeness (QED) is 0.149. The highest BCUT2D eigenvalue weighted by Gasteiger charge is 2.26. The molecule has 0 aromatic heterocycles. The Morgan fingerprint density at radius 1 is 0.571 bits per heavy atom. The summed E-state index contributed by atoms with van der Waals surface area (Å²) in [4.78, 5) is 2.59. The van der Waals surface area contributed by atoms with Gasteiger partial charge < -0.3 is 4.90 Å². The zero-order valence-corrected chi connectivity index (χ0v) is 31.3. The zero-order chi connectivity index (χ0) is 37.6. The molecule has 8 aromatic carbocycles. The second kappa shape index (κ2) is 14.0. The van der Waals surface area contributed by atoms with Crippen molar-refractivity contribution in [2.45, 2.75) is 18.9 Å². The molecule has 1 nitrogen and oxygen atoms in total. The summed E-state index contributed by atoms with van der Waals surface area (Å²) in [7, 11) is 0. The van der Waals surface area contributed by atoms with Crippen molar-refractivity contribution in [2.75, 3.05) is 4.90 Å². The lowest BCUT2D eigenvalue weighted by Gasteiger charge is -2.36. The average molecular weight is 716 g/mol. The van der Waals surface area contributed by atoms with Gasteiger partial charge in [0, 0.05) is 16.6 Å². The minimum atomic E-state index is 0.0934. The summed E-state index contributed by atoms with van der Waals surface area (Å²) in [5.74, 6) is 0. The molecule has 1 unspecified atom stereocenters. The van der Waals surface area contributed by atoms with E-state index in [0.717, 1.165) is 29.7 Å². The fourth-order valence-electron chi connectivity index (χ4n) is 9.08. The Balaban J connectivity index is 1.13. The van der Waals surface area contributed by atoms with Crippen LogP contribution in [0.15, 0.2) is 189 Å². The molecule has 0 saturated carbocycles. The van der Waals surface area contributed by atoms with Crippen LogP contribution < -0.4 is 4.90 Å². The molecule has 0 amide bonds. The molecular formula is C55H41N. The molecule has 0 heterocycles. The van der Waals surface area contributed by atoms with Gasteiger partial charge in [0.1, 0.15) is 0 Å². The highest BCUT2D eigenvalue weighted by molar-refractivity contribution is 6.13. The smallest absolute Gasteiger partial charge is 0.0572 e. The Labute approximate surface area is 328 Å². The van der Waals surface area contributed by atoms with Crippen LogP contribution in [0.5, 0.6) is 0 Å². The standard InChI is InChI=1S/C55H41N/c1-3-37-35-53(51-24-14-12-22-49(51)45(37)4-2)38-26-30-43(31-27-38)56(55-47-20-7-5-6-16-40(47)34-41-17-9-11-21-48(41)55)44-32-28-39(29-33-44)54-36-42-18-8-10-19-46(42)50-23-13-15-25-52(50)54/h3-15,17-32,34-36,44H,1-2,16,33H2. The van der Waals surface area contributed by atoms with Crippen LogP contribution >= 0.6 is 0 Å². The SMILES string of the molecule is C=Cc1cc(-c2ccc(N(c3c4c(cc5ccccc35)CC=CC=C4)C3C=CC(c4cc5ccccc5c5ccccc45)=CC3)cc2)c2ccccc2c1C=C. The van der Waals surface area contributed by atoms with Crippen LogP contribution in [0, 0.1) is 0 Å². The summed E-state index contributed by atoms with van der Waals surface area (Å²) in [5, 5.41) is 10.1. The number of fused-ring (bicyclic) bond motifs is 6. The first-order chi connectivity index (χ1) is 27.7. The molecule has 0 bridgehead atoms. The molecule has 0 aliphatic heterocycles. The topological polar surface area (TPSA) is 3.24 Å². The molecule has 0 spiro atoms. The fourth-order valence-corrected chi connectivity index (χ4v) is 9.08. The second-order valence-electron chi connectivity index (χ2n) is 14.8. The van der Waals surface area contributed by atoms with Crippen molar-refractivity contribution in [2.24, 2.45) is 0 Å². The second-order valence-corrected chi connectivity index (χ2v) is 14.8. The number of benzene rings is 8. The first-order valence-electron chi connectivity index (χ1n) is 19.6. The summed E-state index contributed by atoms with van der Waals surface area (Å²) >= 11 is 0. The Morgan fingerprint density at radius 2 is 1.23 bits per heavy atom. The molecule has 0 N–H and O–H groups in total. The summed E-state index contributed by atoms with van der Waals surface area (Å²) < 4.78 is 0. The molecular weight excluding hydrogens is 675 g/mol. The molecule has 1 atom stereocenters. The maximum absolute atomic E-state index is 4.15. The van der Waals surface area contributed by atoms with Crippen LogP contribution in [-0.4, -0.2) is 6.04 Å². The summed E-state index contributed by atoms with van der Waals surface area (Å²) in [6.45, 7) is 8.28. The van der Waals surface area contributed by atoms with Gasteiger partial charge in [-0.1, -0.05) is 183 Å². The van der Waals surface area contributed by atoms with E-state index in [-0.39, 0.29) is 6.04 Å². The van der Waals surface area contributed by atoms with Gasteiger partial charge in [-0.15, -0.1) is 0 Å². The molecule has 2 aliphatic rings. The third-order valence-corrected chi connectivity index (χ3v) is 11.7. The van der Waals surface area contributed by atoms with Gasteiger partial charge in [0.15, 0.2) is 0 Å². The average Bonchev–Trinajstić information content (AvgIpc) is 3.51. The van der Waals surface area contributed by atoms with Gasteiger partial charge in [0.2, 0.25) is 0 Å². The van der Waals surface area contributed by atoms with Gasteiger partial charge in [-0.05, 0) is 114 Å². The van der Waals surface area contributed by atoms with Crippen LogP contribution in [0.2, 0.25) is 0 Å². The van der Waals surface area contributed by atoms with E-state index in [2.05, 4.69) is 200 Å². The number of anilines is 2. The van der Waals surface area contributed by atoms with Gasteiger partial charge in [-0.3, -0.25) is 0 Å². The van der Waals surface area contributed by atoms with Crippen molar-refractivity contribution in [3.8, 4) is 11.1 Å². The largest absolute Gasteiger partial charge is 0.333 e. The van der Waals surface area contributed by atoms with E-state index in [0.29, 0.717) is 0 Å². The summed E-state index contributed by atoms with van der Waals surface area (Å²) in [6, 6.07) is 51.4. The van der Waals surface area contributed by atoms with Crippen LogP contribution in [0.25, 0.3) is 78.0 Å². The first kappa shape index (κ1) is 33.6. The molecule has 2 aliphatic carbocycles. The van der Waals surface area contributed by atoms with Gasteiger partial charge in [0.25, 0.3) is 0 Å². The molecule has 10 rings (SSSR count). The monoisotopic (exact) mass is 715 g/mol. The molecule has 56 heavy (non-hydrogen) atoms. The van der Waals surface area contributed by atoms with Crippen molar-refractivity contribution >= 4 is 78.3 Å². The molecule has 8 aromatic rings. The molecule has 266 valence electrons. The first-order valence-corrected chi connectivity index (χ1v) is 19.6. The van der Waals surface area contributed by atoms with E-state index >= 15 is 0 Å². The minimum absolute atomic E-state index is 0.0934. The normalized spacial score (nSPS) is 14.9. The Bertz CT molecular complexity index is 3000. The Morgan fingerprint density at radius 3 is 1.95 bits per heavy atom. The van der Waals surface area contributed by atoms with E-state index in [1.54, 1.807) is 0 Å². The molecule has 1 heteroatoms. The van der Waals surface area contributed by atoms with Crippen LogP contribution in [0.1, 0.15) is 34.2 Å². The van der Waals surface area contributed by atoms with Crippen molar-refractivity contribution in [1.29, 1.82) is 0 Å². The van der Waals surface area contributed by atoms with E-state index in [1.807, 2.05) is 12.2 Å². The summed E-state index contributed by atoms with van der Waals surface area (Å²) in [6.07, 6.45) is 21.8. The van der Waals surface area contributed by atoms with Gasteiger partial charge in [-0.2, -0.15) is 0 Å². The lowest BCUT2D eigenvalue weighted by Crippen LogP contribution is -2.31. The predicted octanol–water partition coefficient (Wildman–Crippen LogP) is 14.9. The highest BCUT2D eigenvalue weighted by Crippen LogP contribution is 2.44. The Kier molecular flexibility index (Phi) is 8.42. The van der Waals surface area contributed by atoms with Crippen molar-refractivity contribution in [3.63, 3.8) is 0 Å². The number of hydrogen-bond donors (Lipinski definition) is 0. The number of hydrogen-bond acceptors (Lipinski definition) is 1.